The molecule has 0 aliphatic heterocycles. The standard InChI is InChI=1S/C20H36B2/c21-19(13-7-1-2-8-14-19)17-11-5-6-12-18-20(22)15-9-3-4-10-16-20/h1-18H2. The molecule has 2 aliphatic carbocycles. The monoisotopic (exact) mass is 298 g/mol. The van der Waals surface area contributed by atoms with Crippen LogP contribution < -0.4 is 0 Å². The van der Waals surface area contributed by atoms with E-state index in [-0.39, 0.29) is 10.6 Å². The molecule has 0 atom stereocenters. The van der Waals surface area contributed by atoms with Crippen molar-refractivity contribution in [1.82, 2.24) is 0 Å². The van der Waals surface area contributed by atoms with Gasteiger partial charge in [-0.25, -0.2) is 0 Å². The van der Waals surface area contributed by atoms with Crippen LogP contribution in [0, 0.1) is 0 Å². The van der Waals surface area contributed by atoms with Crippen LogP contribution in [0.3, 0.4) is 0 Å². The second-order valence-corrected chi connectivity index (χ2v) is 8.47. The van der Waals surface area contributed by atoms with Crippen LogP contribution in [0.15, 0.2) is 0 Å². The van der Waals surface area contributed by atoms with Crippen molar-refractivity contribution in [2.24, 2.45) is 0 Å². The summed E-state index contributed by atoms with van der Waals surface area (Å²) >= 11 is 0. The smallest absolute Gasteiger partial charge is 0.0661 e. The fourth-order valence-corrected chi connectivity index (χ4v) is 4.67. The lowest BCUT2D eigenvalue weighted by Gasteiger charge is -2.29. The third-order valence-corrected chi connectivity index (χ3v) is 6.30. The van der Waals surface area contributed by atoms with E-state index in [1.165, 1.54) is 116 Å². The highest BCUT2D eigenvalue weighted by atomic mass is 14.3. The minimum atomic E-state index is 0.173. The molecule has 4 radical (unpaired) electrons. The van der Waals surface area contributed by atoms with E-state index >= 15 is 0 Å². The quantitative estimate of drug-likeness (QED) is 0.279. The molecular weight excluding hydrogens is 262 g/mol. The first kappa shape index (κ1) is 18.5. The van der Waals surface area contributed by atoms with E-state index in [1.54, 1.807) is 0 Å². The molecule has 0 N–H and O–H groups in total. The summed E-state index contributed by atoms with van der Waals surface area (Å²) in [6, 6.07) is 0. The first-order valence-electron chi connectivity index (χ1n) is 10.2. The Morgan fingerprint density at radius 1 is 0.455 bits per heavy atom. The van der Waals surface area contributed by atoms with Crippen LogP contribution in [-0.2, 0) is 0 Å². The van der Waals surface area contributed by atoms with E-state index in [2.05, 4.69) is 0 Å². The molecule has 0 heterocycles. The lowest BCUT2D eigenvalue weighted by molar-refractivity contribution is 0.407. The van der Waals surface area contributed by atoms with Gasteiger partial charge in [0.1, 0.15) is 0 Å². The summed E-state index contributed by atoms with van der Waals surface area (Å²) < 4.78 is 0. The zero-order chi connectivity index (χ0) is 15.7. The van der Waals surface area contributed by atoms with Crippen molar-refractivity contribution in [3.05, 3.63) is 0 Å². The zero-order valence-corrected chi connectivity index (χ0v) is 14.9. The van der Waals surface area contributed by atoms with Crippen LogP contribution in [-0.4, -0.2) is 15.7 Å². The Hall–Kier alpha value is 0.130. The largest absolute Gasteiger partial charge is 0.0746 e. The Kier molecular flexibility index (Phi) is 7.92. The summed E-state index contributed by atoms with van der Waals surface area (Å²) in [5, 5.41) is 0.347. The van der Waals surface area contributed by atoms with Crippen molar-refractivity contribution < 1.29 is 0 Å². The van der Waals surface area contributed by atoms with Gasteiger partial charge in [-0.2, -0.15) is 0 Å². The average Bonchev–Trinajstić information content (AvgIpc) is 2.84. The summed E-state index contributed by atoms with van der Waals surface area (Å²) in [7, 11) is 13.2. The highest BCUT2D eigenvalue weighted by Crippen LogP contribution is 2.44. The van der Waals surface area contributed by atoms with Gasteiger partial charge in [0.15, 0.2) is 0 Å². The van der Waals surface area contributed by atoms with Gasteiger partial charge in [0.05, 0.1) is 15.7 Å². The highest BCUT2D eigenvalue weighted by Gasteiger charge is 2.25. The van der Waals surface area contributed by atoms with Gasteiger partial charge in [-0.1, -0.05) is 126 Å². The summed E-state index contributed by atoms with van der Waals surface area (Å²) in [4.78, 5) is 0. The van der Waals surface area contributed by atoms with Gasteiger partial charge in [-0.15, -0.1) is 0 Å². The van der Waals surface area contributed by atoms with E-state index in [4.69, 9.17) is 15.7 Å². The second-order valence-electron chi connectivity index (χ2n) is 8.47. The lowest BCUT2D eigenvalue weighted by Crippen LogP contribution is -2.12. The maximum atomic E-state index is 6.61. The number of hydrogen-bond donors (Lipinski definition) is 0. The fraction of sp³-hybridized carbons (Fsp3) is 1.00. The van der Waals surface area contributed by atoms with Crippen molar-refractivity contribution in [3.63, 3.8) is 0 Å². The van der Waals surface area contributed by atoms with Crippen molar-refractivity contribution >= 4 is 15.7 Å². The fourth-order valence-electron chi connectivity index (χ4n) is 4.67. The molecule has 0 spiro atoms. The normalized spacial score (nSPS) is 25.3. The number of unbranched alkanes of at least 4 members (excludes halogenated alkanes) is 3. The summed E-state index contributed by atoms with van der Waals surface area (Å²) in [6.45, 7) is 0. The average molecular weight is 298 g/mol. The van der Waals surface area contributed by atoms with Crippen LogP contribution in [0.2, 0.25) is 10.6 Å². The highest BCUT2D eigenvalue weighted by molar-refractivity contribution is 6.15. The molecule has 2 heteroatoms. The van der Waals surface area contributed by atoms with Crippen LogP contribution in [0.1, 0.15) is 116 Å². The van der Waals surface area contributed by atoms with Crippen molar-refractivity contribution in [1.29, 1.82) is 0 Å². The third kappa shape index (κ3) is 6.71. The SMILES string of the molecule is [B]C1(CCCCCCC2([B])CCCCCC2)CCCCCC1. The van der Waals surface area contributed by atoms with Crippen LogP contribution in [0.5, 0.6) is 0 Å². The Bertz CT molecular complexity index is 254. The minimum Gasteiger partial charge on any atom is -0.0661 e. The van der Waals surface area contributed by atoms with Gasteiger partial charge in [-0.3, -0.25) is 0 Å². The molecule has 0 bridgehead atoms. The molecule has 122 valence electrons. The van der Waals surface area contributed by atoms with Crippen LogP contribution in [0.4, 0.5) is 0 Å². The van der Waals surface area contributed by atoms with Gasteiger partial charge in [0.25, 0.3) is 0 Å². The number of hydrogen-bond acceptors (Lipinski definition) is 0. The molecule has 0 aromatic heterocycles. The maximum absolute atomic E-state index is 6.61. The van der Waals surface area contributed by atoms with E-state index in [0.717, 1.165) is 0 Å². The van der Waals surface area contributed by atoms with Gasteiger partial charge < -0.3 is 0 Å². The first-order chi connectivity index (χ1) is 10.6. The Labute approximate surface area is 142 Å². The lowest BCUT2D eigenvalue weighted by atomic mass is 9.60. The molecular formula is C20H36B2. The number of rotatable bonds is 7. The topological polar surface area (TPSA) is 0 Å². The Balaban J connectivity index is 1.55. The molecule has 22 heavy (non-hydrogen) atoms. The van der Waals surface area contributed by atoms with Gasteiger partial charge in [0.2, 0.25) is 0 Å². The summed E-state index contributed by atoms with van der Waals surface area (Å²) in [5.74, 6) is 0. The minimum absolute atomic E-state index is 0.173. The van der Waals surface area contributed by atoms with Crippen molar-refractivity contribution in [2.75, 3.05) is 0 Å². The Morgan fingerprint density at radius 2 is 0.773 bits per heavy atom. The zero-order valence-electron chi connectivity index (χ0n) is 14.9. The molecule has 0 nitrogen and oxygen atoms in total. The molecule has 0 aromatic rings. The van der Waals surface area contributed by atoms with E-state index in [0.29, 0.717) is 0 Å². The molecule has 2 fully saturated rings. The molecule has 0 amide bonds. The van der Waals surface area contributed by atoms with Gasteiger partial charge in [-0.05, 0) is 0 Å². The Morgan fingerprint density at radius 3 is 1.09 bits per heavy atom. The van der Waals surface area contributed by atoms with E-state index in [9.17, 15) is 0 Å². The molecule has 2 saturated carbocycles. The van der Waals surface area contributed by atoms with Crippen LogP contribution in [0.25, 0.3) is 0 Å². The predicted octanol–water partition coefficient (Wildman–Crippen LogP) is 6.69. The maximum Gasteiger partial charge on any atom is 0.0746 e. The third-order valence-electron chi connectivity index (χ3n) is 6.30. The summed E-state index contributed by atoms with van der Waals surface area (Å²) in [6.07, 6.45) is 23.9. The second kappa shape index (κ2) is 9.43. The molecule has 2 rings (SSSR count). The van der Waals surface area contributed by atoms with Crippen LogP contribution >= 0.6 is 0 Å². The molecule has 2 aliphatic rings. The molecule has 0 unspecified atom stereocenters. The molecule has 0 saturated heterocycles. The summed E-state index contributed by atoms with van der Waals surface area (Å²) in [5.41, 5.74) is 0. The first-order valence-corrected chi connectivity index (χ1v) is 10.2. The molecule has 0 aromatic carbocycles. The van der Waals surface area contributed by atoms with Crippen molar-refractivity contribution in [3.8, 4) is 0 Å². The van der Waals surface area contributed by atoms with Crippen molar-refractivity contribution in [2.45, 2.75) is 126 Å². The van der Waals surface area contributed by atoms with E-state index in [1.807, 2.05) is 0 Å². The predicted molar refractivity (Wildman–Crippen MR) is 100 cm³/mol. The van der Waals surface area contributed by atoms with Gasteiger partial charge in [0, 0.05) is 0 Å². The van der Waals surface area contributed by atoms with E-state index < -0.39 is 0 Å². The van der Waals surface area contributed by atoms with Gasteiger partial charge >= 0.3 is 0 Å².